The first-order valence-electron chi connectivity index (χ1n) is 13.6. The predicted octanol–water partition coefficient (Wildman–Crippen LogP) is 7.48. The zero-order valence-electron chi connectivity index (χ0n) is 23.3. The fourth-order valence-corrected chi connectivity index (χ4v) is 6.93. The molecule has 4 aromatic carbocycles. The summed E-state index contributed by atoms with van der Waals surface area (Å²) < 4.78 is 6.40. The van der Waals surface area contributed by atoms with E-state index in [-0.39, 0.29) is 16.5 Å². The maximum atomic E-state index is 13.6. The Hall–Kier alpha value is -4.73. The fraction of sp³-hybridized carbons (Fsp3) is 0.118. The summed E-state index contributed by atoms with van der Waals surface area (Å²) in [4.78, 5) is 28.5. The molecule has 1 saturated heterocycles. The Labute approximate surface area is 257 Å². The Bertz CT molecular complexity index is 1880. The van der Waals surface area contributed by atoms with E-state index in [9.17, 15) is 14.7 Å². The Balaban J connectivity index is 1.38. The molecule has 43 heavy (non-hydrogen) atoms. The van der Waals surface area contributed by atoms with Crippen molar-refractivity contribution in [3.05, 3.63) is 131 Å². The zero-order chi connectivity index (χ0) is 29.9. The number of rotatable bonds is 9. The van der Waals surface area contributed by atoms with E-state index in [1.54, 1.807) is 42.5 Å². The Morgan fingerprint density at radius 3 is 2.60 bits per heavy atom. The topological polar surface area (TPSA) is 92.6 Å². The van der Waals surface area contributed by atoms with Crippen LogP contribution in [0.4, 0.5) is 5.13 Å². The molecule has 1 atom stereocenters. The Kier molecular flexibility index (Phi) is 8.09. The van der Waals surface area contributed by atoms with E-state index in [0.717, 1.165) is 16.5 Å². The summed E-state index contributed by atoms with van der Waals surface area (Å²) in [5, 5.41) is 22.7. The average Bonchev–Trinajstić information content (AvgIpc) is 3.60. The molecule has 0 aliphatic carbocycles. The first-order chi connectivity index (χ1) is 20.9. The number of ketones is 1. The molecule has 1 aliphatic heterocycles. The Morgan fingerprint density at radius 1 is 1.02 bits per heavy atom. The molecule has 1 aliphatic rings. The fourth-order valence-electron chi connectivity index (χ4n) is 5.06. The molecule has 9 heteroatoms. The summed E-state index contributed by atoms with van der Waals surface area (Å²) in [6, 6.07) is 27.7. The largest absolute Gasteiger partial charge is 0.507 e. The van der Waals surface area contributed by atoms with Crippen molar-refractivity contribution in [2.75, 3.05) is 11.5 Å². The van der Waals surface area contributed by atoms with Gasteiger partial charge in [-0.25, -0.2) is 0 Å². The van der Waals surface area contributed by atoms with Gasteiger partial charge in [0.1, 0.15) is 18.1 Å². The van der Waals surface area contributed by atoms with Crippen LogP contribution in [0.25, 0.3) is 16.5 Å². The van der Waals surface area contributed by atoms with Crippen molar-refractivity contribution >= 4 is 56.5 Å². The van der Waals surface area contributed by atoms with Crippen LogP contribution < -0.4 is 9.64 Å². The minimum Gasteiger partial charge on any atom is -0.507 e. The molecule has 6 rings (SSSR count). The molecule has 1 aromatic heterocycles. The highest BCUT2D eigenvalue weighted by atomic mass is 32.2. The molecule has 1 amide bonds. The van der Waals surface area contributed by atoms with Gasteiger partial charge in [0.25, 0.3) is 5.78 Å². The maximum Gasteiger partial charge on any atom is 0.301 e. The van der Waals surface area contributed by atoms with E-state index in [1.165, 1.54) is 33.4 Å². The number of aryl methyl sites for hydroxylation is 1. The summed E-state index contributed by atoms with van der Waals surface area (Å²) in [5.41, 5.74) is 3.18. The number of hydrogen-bond donors (Lipinski definition) is 1. The van der Waals surface area contributed by atoms with E-state index in [4.69, 9.17) is 4.74 Å². The molecule has 0 radical (unpaired) electrons. The third-order valence-corrected chi connectivity index (χ3v) is 9.25. The number of aromatic nitrogens is 2. The molecule has 0 spiro atoms. The number of ether oxygens (including phenoxy) is 1. The molecule has 7 nitrogen and oxygen atoms in total. The standard InChI is InChI=1S/C34H27N3O4S2/c1-3-18-41-26-12-7-10-24(19-26)29-28(30(38)23-16-14-21(2)15-17-23)31(39)32(40)37(29)33-35-36-34(43-33)42-20-25-11-6-9-22-8-4-5-13-27(22)25/h3-17,19,29,38H,1,18,20H2,2H3. The first-order valence-corrected chi connectivity index (χ1v) is 15.4. The summed E-state index contributed by atoms with van der Waals surface area (Å²) in [5.74, 6) is -0.618. The maximum absolute atomic E-state index is 13.6. The predicted molar refractivity (Wildman–Crippen MR) is 172 cm³/mol. The van der Waals surface area contributed by atoms with E-state index in [1.807, 2.05) is 37.3 Å². The van der Waals surface area contributed by atoms with Gasteiger partial charge in [0.15, 0.2) is 4.34 Å². The number of fused-ring (bicyclic) bond motifs is 1. The molecule has 214 valence electrons. The molecular formula is C34H27N3O4S2. The van der Waals surface area contributed by atoms with Crippen LogP contribution in [0.1, 0.15) is 28.3 Å². The van der Waals surface area contributed by atoms with E-state index in [0.29, 0.717) is 33.6 Å². The van der Waals surface area contributed by atoms with Gasteiger partial charge in [-0.3, -0.25) is 14.5 Å². The van der Waals surface area contributed by atoms with E-state index < -0.39 is 17.7 Å². The number of benzene rings is 4. The van der Waals surface area contributed by atoms with Crippen molar-refractivity contribution in [1.82, 2.24) is 10.2 Å². The van der Waals surface area contributed by atoms with Crippen molar-refractivity contribution in [1.29, 1.82) is 0 Å². The monoisotopic (exact) mass is 605 g/mol. The third kappa shape index (κ3) is 5.69. The smallest absolute Gasteiger partial charge is 0.301 e. The van der Waals surface area contributed by atoms with Crippen LogP contribution in [0.15, 0.2) is 114 Å². The molecule has 0 bridgehead atoms. The number of aliphatic hydroxyl groups is 1. The minimum absolute atomic E-state index is 0.0186. The normalized spacial score (nSPS) is 16.1. The molecule has 5 aromatic rings. The van der Waals surface area contributed by atoms with E-state index in [2.05, 4.69) is 41.0 Å². The van der Waals surface area contributed by atoms with Crippen LogP contribution in [-0.4, -0.2) is 33.6 Å². The molecule has 0 saturated carbocycles. The third-order valence-electron chi connectivity index (χ3n) is 7.14. The van der Waals surface area contributed by atoms with Crippen molar-refractivity contribution in [3.8, 4) is 5.75 Å². The van der Waals surface area contributed by atoms with Gasteiger partial charge >= 0.3 is 5.91 Å². The number of nitrogens with zero attached hydrogens (tertiary/aromatic N) is 3. The number of amides is 1. The van der Waals surface area contributed by atoms with Gasteiger partial charge in [-0.15, -0.1) is 10.2 Å². The van der Waals surface area contributed by atoms with Crippen LogP contribution in [0.3, 0.4) is 0 Å². The SMILES string of the molecule is C=CCOc1cccc(C2C(=C(O)c3ccc(C)cc3)C(=O)C(=O)N2c2nnc(SCc3cccc4ccccc34)s2)c1. The highest BCUT2D eigenvalue weighted by Gasteiger charge is 2.48. The van der Waals surface area contributed by atoms with Crippen LogP contribution in [-0.2, 0) is 15.3 Å². The first kappa shape index (κ1) is 28.4. The minimum atomic E-state index is -0.933. The summed E-state index contributed by atoms with van der Waals surface area (Å²) in [7, 11) is 0. The van der Waals surface area contributed by atoms with Gasteiger partial charge in [0.05, 0.1) is 11.6 Å². The van der Waals surface area contributed by atoms with Gasteiger partial charge in [-0.05, 0) is 41.0 Å². The lowest BCUT2D eigenvalue weighted by Gasteiger charge is -2.23. The van der Waals surface area contributed by atoms with Crippen LogP contribution >= 0.6 is 23.1 Å². The highest BCUT2D eigenvalue weighted by Crippen LogP contribution is 2.44. The Morgan fingerprint density at radius 2 is 1.79 bits per heavy atom. The number of thioether (sulfide) groups is 1. The highest BCUT2D eigenvalue weighted by molar-refractivity contribution is 8.00. The number of hydrogen-bond acceptors (Lipinski definition) is 8. The molecule has 2 heterocycles. The summed E-state index contributed by atoms with van der Waals surface area (Å²) in [6.45, 7) is 5.92. The summed E-state index contributed by atoms with van der Waals surface area (Å²) in [6.07, 6.45) is 1.63. The lowest BCUT2D eigenvalue weighted by atomic mass is 9.95. The van der Waals surface area contributed by atoms with Crippen LogP contribution in [0.5, 0.6) is 5.75 Å². The van der Waals surface area contributed by atoms with Crippen molar-refractivity contribution < 1.29 is 19.4 Å². The second kappa shape index (κ2) is 12.2. The van der Waals surface area contributed by atoms with Gasteiger partial charge in [-0.2, -0.15) is 0 Å². The number of aliphatic hydroxyl groups excluding tert-OH is 1. The lowest BCUT2D eigenvalue weighted by Crippen LogP contribution is -2.29. The second-order valence-corrected chi connectivity index (χ2v) is 12.2. The average molecular weight is 606 g/mol. The molecular weight excluding hydrogens is 579 g/mol. The summed E-state index contributed by atoms with van der Waals surface area (Å²) >= 11 is 2.75. The molecule has 1 N–H and O–H groups in total. The van der Waals surface area contributed by atoms with Crippen molar-refractivity contribution in [3.63, 3.8) is 0 Å². The van der Waals surface area contributed by atoms with Gasteiger partial charge in [0.2, 0.25) is 5.13 Å². The molecule has 1 fully saturated rings. The zero-order valence-corrected chi connectivity index (χ0v) is 24.9. The number of anilines is 1. The van der Waals surface area contributed by atoms with Gasteiger partial charge in [0, 0.05) is 11.3 Å². The second-order valence-electron chi connectivity index (χ2n) is 9.98. The molecule has 1 unspecified atom stereocenters. The van der Waals surface area contributed by atoms with Crippen LogP contribution in [0.2, 0.25) is 0 Å². The van der Waals surface area contributed by atoms with Crippen LogP contribution in [0, 0.1) is 6.92 Å². The van der Waals surface area contributed by atoms with Crippen molar-refractivity contribution in [2.24, 2.45) is 0 Å². The number of carbonyl (C=O) groups excluding carboxylic acids is 2. The number of Topliss-reactive ketones (excluding diaryl/α,β-unsaturated/α-hetero) is 1. The number of carbonyl (C=O) groups is 2. The van der Waals surface area contributed by atoms with Gasteiger partial charge in [-0.1, -0.05) is 120 Å². The van der Waals surface area contributed by atoms with Gasteiger partial charge < -0.3 is 9.84 Å². The van der Waals surface area contributed by atoms with E-state index >= 15 is 0 Å². The lowest BCUT2D eigenvalue weighted by molar-refractivity contribution is -0.132. The van der Waals surface area contributed by atoms with Crippen molar-refractivity contribution in [2.45, 2.75) is 23.1 Å². The quantitative estimate of drug-likeness (QED) is 0.0465.